The fourth-order valence-electron chi connectivity index (χ4n) is 0.757. The van der Waals surface area contributed by atoms with Crippen LogP contribution in [-0.2, 0) is 0 Å². The van der Waals surface area contributed by atoms with Crippen molar-refractivity contribution in [1.82, 2.24) is 9.88 Å². The summed E-state index contributed by atoms with van der Waals surface area (Å²) < 4.78 is 0.664. The Hall–Kier alpha value is -0.330. The first-order chi connectivity index (χ1) is 6.26. The summed E-state index contributed by atoms with van der Waals surface area (Å²) in [7, 11) is 3.00. The zero-order valence-electron chi connectivity index (χ0n) is 7.56. The van der Waals surface area contributed by atoms with Crippen LogP contribution in [0.1, 0.15) is 13.8 Å². The molecule has 0 spiro atoms. The van der Waals surface area contributed by atoms with E-state index in [4.69, 9.17) is 12.2 Å². The standard InChI is InChI=1S/C7H11N3S3/c1-3-10(4-2)5-8-6-9-7(11)13-12-6/h5H,3-4H2,1-2H3/b8-5+. The first-order valence-corrected chi connectivity index (χ1v) is 6.57. The molecule has 0 unspecified atom stereocenters. The van der Waals surface area contributed by atoms with E-state index in [-0.39, 0.29) is 0 Å². The number of hydrogen-bond acceptors (Lipinski definition) is 5. The van der Waals surface area contributed by atoms with Gasteiger partial charge in [0.1, 0.15) is 0 Å². The Labute approximate surface area is 90.2 Å². The molecule has 72 valence electrons. The van der Waals surface area contributed by atoms with Crippen LogP contribution in [0.15, 0.2) is 4.99 Å². The summed E-state index contributed by atoms with van der Waals surface area (Å²) in [5.74, 6) is 0. The van der Waals surface area contributed by atoms with Gasteiger partial charge in [-0.2, -0.15) is 4.98 Å². The minimum Gasteiger partial charge on any atom is -0.363 e. The molecule has 0 atom stereocenters. The van der Waals surface area contributed by atoms with E-state index in [1.807, 2.05) is 6.34 Å². The van der Waals surface area contributed by atoms with Crippen LogP contribution in [0.25, 0.3) is 0 Å². The molecule has 3 nitrogen and oxygen atoms in total. The van der Waals surface area contributed by atoms with Crippen LogP contribution in [0.3, 0.4) is 0 Å². The molecule has 1 aromatic heterocycles. The second kappa shape index (κ2) is 5.41. The maximum atomic E-state index is 4.90. The minimum absolute atomic E-state index is 0.664. The van der Waals surface area contributed by atoms with Crippen molar-refractivity contribution in [3.63, 3.8) is 0 Å². The average molecular weight is 233 g/mol. The number of nitrogens with zero attached hydrogens (tertiary/aromatic N) is 3. The van der Waals surface area contributed by atoms with Gasteiger partial charge in [-0.25, -0.2) is 4.99 Å². The van der Waals surface area contributed by atoms with Crippen molar-refractivity contribution >= 4 is 44.4 Å². The van der Waals surface area contributed by atoms with Crippen molar-refractivity contribution < 1.29 is 0 Å². The summed E-state index contributed by atoms with van der Waals surface area (Å²) in [6.45, 7) is 6.13. The Morgan fingerprint density at radius 1 is 1.46 bits per heavy atom. The fourth-order valence-corrected chi connectivity index (χ4v) is 2.54. The summed E-state index contributed by atoms with van der Waals surface area (Å²) >= 11 is 4.90. The van der Waals surface area contributed by atoms with Gasteiger partial charge in [0.05, 0.1) is 6.34 Å². The first-order valence-electron chi connectivity index (χ1n) is 4.01. The summed E-state index contributed by atoms with van der Waals surface area (Å²) in [6.07, 6.45) is 1.82. The number of aliphatic imine (C=N–C) groups is 1. The highest BCUT2D eigenvalue weighted by Crippen LogP contribution is 2.21. The molecule has 1 aromatic rings. The van der Waals surface area contributed by atoms with E-state index in [0.29, 0.717) is 3.95 Å². The molecule has 0 aromatic carbocycles. The lowest BCUT2D eigenvalue weighted by Crippen LogP contribution is -2.20. The highest BCUT2D eigenvalue weighted by Gasteiger charge is 1.94. The van der Waals surface area contributed by atoms with Crippen LogP contribution in [0.4, 0.5) is 5.13 Å². The molecule has 13 heavy (non-hydrogen) atoms. The molecule has 0 N–H and O–H groups in total. The lowest BCUT2D eigenvalue weighted by atomic mass is 10.6. The van der Waals surface area contributed by atoms with Gasteiger partial charge in [0.25, 0.3) is 0 Å². The molecule has 1 rings (SSSR count). The van der Waals surface area contributed by atoms with Crippen molar-refractivity contribution in [3.05, 3.63) is 3.95 Å². The number of hydrogen-bond donors (Lipinski definition) is 0. The minimum atomic E-state index is 0.664. The van der Waals surface area contributed by atoms with E-state index in [1.165, 1.54) is 20.7 Å². The third-order valence-corrected chi connectivity index (χ3v) is 4.01. The van der Waals surface area contributed by atoms with Gasteiger partial charge < -0.3 is 4.90 Å². The Bertz CT molecular complexity index is 324. The molecule has 0 saturated carbocycles. The van der Waals surface area contributed by atoms with Crippen LogP contribution >= 0.6 is 32.9 Å². The van der Waals surface area contributed by atoms with Gasteiger partial charge in [-0.1, -0.05) is 0 Å². The molecular weight excluding hydrogens is 222 g/mol. The SMILES string of the molecule is CCN(/C=N/c1nc(=S)ss1)CC. The molecule has 0 aliphatic rings. The lowest BCUT2D eigenvalue weighted by Gasteiger charge is -2.12. The molecule has 0 saturated heterocycles. The zero-order chi connectivity index (χ0) is 9.68. The maximum absolute atomic E-state index is 4.90. The van der Waals surface area contributed by atoms with Gasteiger partial charge in [-0.15, -0.1) is 0 Å². The van der Waals surface area contributed by atoms with Crippen molar-refractivity contribution in [2.75, 3.05) is 13.1 Å². The molecule has 0 amide bonds. The van der Waals surface area contributed by atoms with Crippen molar-refractivity contribution in [1.29, 1.82) is 0 Å². The average Bonchev–Trinajstić information content (AvgIpc) is 2.53. The van der Waals surface area contributed by atoms with Crippen LogP contribution < -0.4 is 0 Å². The van der Waals surface area contributed by atoms with Crippen molar-refractivity contribution in [3.8, 4) is 0 Å². The molecule has 0 aliphatic heterocycles. The summed E-state index contributed by atoms with van der Waals surface area (Å²) in [5.41, 5.74) is 0. The summed E-state index contributed by atoms with van der Waals surface area (Å²) in [5, 5.41) is 0.752. The van der Waals surface area contributed by atoms with Crippen LogP contribution in [0.2, 0.25) is 0 Å². The third-order valence-electron chi connectivity index (χ3n) is 1.52. The smallest absolute Gasteiger partial charge is 0.222 e. The van der Waals surface area contributed by atoms with E-state index in [1.54, 1.807) is 0 Å². The summed E-state index contributed by atoms with van der Waals surface area (Å²) in [6, 6.07) is 0. The Balaban J connectivity index is 2.62. The second-order valence-corrected chi connectivity index (χ2v) is 5.02. The van der Waals surface area contributed by atoms with E-state index in [9.17, 15) is 0 Å². The quantitative estimate of drug-likeness (QED) is 0.346. The predicted octanol–water partition coefficient (Wildman–Crippen LogP) is 2.94. The Morgan fingerprint density at radius 2 is 2.15 bits per heavy atom. The first kappa shape index (κ1) is 10.7. The molecule has 0 bridgehead atoms. The molecule has 0 radical (unpaired) electrons. The topological polar surface area (TPSA) is 28.5 Å². The number of rotatable bonds is 4. The second-order valence-electron chi connectivity index (χ2n) is 2.29. The van der Waals surface area contributed by atoms with Crippen LogP contribution in [0, 0.1) is 3.95 Å². The van der Waals surface area contributed by atoms with Crippen LogP contribution in [-0.4, -0.2) is 29.3 Å². The van der Waals surface area contributed by atoms with E-state index >= 15 is 0 Å². The van der Waals surface area contributed by atoms with Gasteiger partial charge in [-0.05, 0) is 46.7 Å². The zero-order valence-corrected chi connectivity index (χ0v) is 10.0. The van der Waals surface area contributed by atoms with Crippen molar-refractivity contribution in [2.45, 2.75) is 13.8 Å². The fraction of sp³-hybridized carbons (Fsp3) is 0.571. The maximum Gasteiger partial charge on any atom is 0.222 e. The molecule has 0 aliphatic carbocycles. The monoisotopic (exact) mass is 233 g/mol. The van der Waals surface area contributed by atoms with E-state index in [2.05, 4.69) is 28.7 Å². The molecule has 1 heterocycles. The van der Waals surface area contributed by atoms with Gasteiger partial charge >= 0.3 is 0 Å². The van der Waals surface area contributed by atoms with E-state index in [0.717, 1.165) is 18.2 Å². The highest BCUT2D eigenvalue weighted by atomic mass is 32.9. The normalized spacial score (nSPS) is 10.9. The van der Waals surface area contributed by atoms with Gasteiger partial charge in [0, 0.05) is 13.1 Å². The lowest BCUT2D eigenvalue weighted by molar-refractivity contribution is 0.480. The Kier molecular flexibility index (Phi) is 4.47. The number of aromatic nitrogens is 1. The highest BCUT2D eigenvalue weighted by molar-refractivity contribution is 7.79. The van der Waals surface area contributed by atoms with Gasteiger partial charge in [0.15, 0.2) is 3.95 Å². The van der Waals surface area contributed by atoms with Crippen molar-refractivity contribution in [2.24, 2.45) is 4.99 Å². The molecule has 6 heteroatoms. The molecule has 0 fully saturated rings. The predicted molar refractivity (Wildman–Crippen MR) is 61.9 cm³/mol. The largest absolute Gasteiger partial charge is 0.363 e. The van der Waals surface area contributed by atoms with Gasteiger partial charge in [0.2, 0.25) is 5.13 Å². The van der Waals surface area contributed by atoms with Gasteiger partial charge in [-0.3, -0.25) is 0 Å². The third kappa shape index (κ3) is 3.50. The van der Waals surface area contributed by atoms with E-state index < -0.39 is 0 Å². The molecular formula is C7H11N3S3. The Morgan fingerprint density at radius 3 is 2.62 bits per heavy atom. The summed E-state index contributed by atoms with van der Waals surface area (Å²) in [4.78, 5) is 10.4. The van der Waals surface area contributed by atoms with Crippen LogP contribution in [0.5, 0.6) is 0 Å².